The van der Waals surface area contributed by atoms with Crippen LogP contribution in [0.4, 0.5) is 0 Å². The van der Waals surface area contributed by atoms with E-state index < -0.39 is 0 Å². The molecule has 0 radical (unpaired) electrons. The minimum absolute atomic E-state index is 0.158. The second-order valence-electron chi connectivity index (χ2n) is 13.0. The van der Waals surface area contributed by atoms with Crippen molar-refractivity contribution in [2.24, 2.45) is 11.3 Å². The third kappa shape index (κ3) is 9.49. The van der Waals surface area contributed by atoms with Crippen LogP contribution in [0.5, 0.6) is 11.5 Å². The molecule has 0 heterocycles. The van der Waals surface area contributed by atoms with Gasteiger partial charge in [-0.3, -0.25) is 0 Å². The van der Waals surface area contributed by atoms with Crippen molar-refractivity contribution in [3.63, 3.8) is 0 Å². The summed E-state index contributed by atoms with van der Waals surface area (Å²) in [7, 11) is 0. The van der Waals surface area contributed by atoms with Crippen LogP contribution in [-0.4, -0.2) is 12.2 Å². The molecule has 0 spiro atoms. The first-order valence-corrected chi connectivity index (χ1v) is 14.2. The highest BCUT2D eigenvalue weighted by Crippen LogP contribution is 2.31. The van der Waals surface area contributed by atoms with Gasteiger partial charge in [-0.25, -0.2) is 0 Å². The van der Waals surface area contributed by atoms with Crippen LogP contribution in [0.2, 0.25) is 0 Å². The molecule has 0 aromatic heterocycles. The Bertz CT molecular complexity index is 929. The highest BCUT2D eigenvalue weighted by Gasteiger charge is 2.24. The molecule has 0 saturated carbocycles. The van der Waals surface area contributed by atoms with E-state index in [0.717, 1.165) is 30.9 Å². The maximum Gasteiger partial charge on any atom is 0.125 e. The molecule has 0 aliphatic rings. The van der Waals surface area contributed by atoms with Gasteiger partial charge in [0.15, 0.2) is 0 Å². The Hall–Kier alpha value is -1.96. The third-order valence-electron chi connectivity index (χ3n) is 7.53. The Labute approximate surface area is 223 Å². The van der Waals surface area contributed by atoms with E-state index in [1.54, 1.807) is 0 Å². The summed E-state index contributed by atoms with van der Waals surface area (Å²) in [6.45, 7) is 25.0. The van der Waals surface area contributed by atoms with Crippen LogP contribution in [0.25, 0.3) is 0 Å². The molecule has 2 heteroatoms. The third-order valence-corrected chi connectivity index (χ3v) is 7.53. The number of unbranched alkanes of at least 4 members (excludes halogenated alkanes) is 4. The molecule has 0 amide bonds. The van der Waals surface area contributed by atoms with Crippen LogP contribution in [0, 0.1) is 39.0 Å². The average Bonchev–Trinajstić information content (AvgIpc) is 2.74. The zero-order valence-corrected chi connectivity index (χ0v) is 25.4. The minimum atomic E-state index is -0.158. The largest absolute Gasteiger partial charge is 0.492 e. The molecule has 202 valence electrons. The monoisotopic (exact) mass is 494 g/mol. The van der Waals surface area contributed by atoms with Crippen molar-refractivity contribution < 1.29 is 9.47 Å². The summed E-state index contributed by atoms with van der Waals surface area (Å²) in [4.78, 5) is 0. The Morgan fingerprint density at radius 3 is 1.39 bits per heavy atom. The van der Waals surface area contributed by atoms with E-state index in [0.29, 0.717) is 5.92 Å². The zero-order valence-electron chi connectivity index (χ0n) is 25.4. The lowest BCUT2D eigenvalue weighted by Gasteiger charge is -2.29. The van der Waals surface area contributed by atoms with E-state index in [1.807, 2.05) is 0 Å². The summed E-state index contributed by atoms with van der Waals surface area (Å²) >= 11 is 0. The lowest BCUT2D eigenvalue weighted by molar-refractivity contribution is 0.128. The summed E-state index contributed by atoms with van der Waals surface area (Å²) < 4.78 is 12.5. The van der Waals surface area contributed by atoms with Gasteiger partial charge in [-0.2, -0.15) is 0 Å². The van der Waals surface area contributed by atoms with Gasteiger partial charge in [-0.1, -0.05) is 71.2 Å². The van der Waals surface area contributed by atoms with Gasteiger partial charge in [0.25, 0.3) is 0 Å². The van der Waals surface area contributed by atoms with Gasteiger partial charge in [-0.15, -0.1) is 0 Å². The number of ether oxygens (including phenoxy) is 2. The van der Waals surface area contributed by atoms with E-state index in [-0.39, 0.29) is 11.0 Å². The Balaban J connectivity index is 1.75. The van der Waals surface area contributed by atoms with E-state index in [9.17, 15) is 0 Å². The molecule has 0 N–H and O–H groups in total. The Morgan fingerprint density at radius 2 is 1.00 bits per heavy atom. The van der Waals surface area contributed by atoms with E-state index in [4.69, 9.17) is 9.47 Å². The summed E-state index contributed by atoms with van der Waals surface area (Å²) in [5, 5.41) is 0. The molecular weight excluding hydrogens is 440 g/mol. The molecule has 0 aliphatic carbocycles. The fraction of sp³-hybridized carbons (Fsp3) is 0.647. The predicted molar refractivity (Wildman–Crippen MR) is 157 cm³/mol. The van der Waals surface area contributed by atoms with Gasteiger partial charge in [0.05, 0.1) is 6.61 Å². The first-order valence-electron chi connectivity index (χ1n) is 14.2. The summed E-state index contributed by atoms with van der Waals surface area (Å²) in [5.74, 6) is 2.73. The van der Waals surface area contributed by atoms with Crippen LogP contribution >= 0.6 is 0 Å². The van der Waals surface area contributed by atoms with E-state index in [1.165, 1.54) is 65.5 Å². The van der Waals surface area contributed by atoms with Gasteiger partial charge in [-0.05, 0) is 113 Å². The lowest BCUT2D eigenvalue weighted by Crippen LogP contribution is -2.27. The summed E-state index contributed by atoms with van der Waals surface area (Å²) in [6.07, 6.45) is 8.75. The summed E-state index contributed by atoms with van der Waals surface area (Å²) in [5.41, 5.74) is 7.97. The number of hydrogen-bond donors (Lipinski definition) is 0. The maximum absolute atomic E-state index is 6.29. The van der Waals surface area contributed by atoms with Gasteiger partial charge in [0.2, 0.25) is 0 Å². The fourth-order valence-electron chi connectivity index (χ4n) is 4.68. The lowest BCUT2D eigenvalue weighted by atomic mass is 9.82. The molecular formula is C34H54O2. The fourth-order valence-corrected chi connectivity index (χ4v) is 4.68. The quantitative estimate of drug-likeness (QED) is 0.258. The minimum Gasteiger partial charge on any atom is -0.492 e. The van der Waals surface area contributed by atoms with Crippen molar-refractivity contribution in [1.29, 1.82) is 0 Å². The van der Waals surface area contributed by atoms with E-state index >= 15 is 0 Å². The molecule has 0 aliphatic heterocycles. The second-order valence-corrected chi connectivity index (χ2v) is 13.0. The van der Waals surface area contributed by atoms with Crippen molar-refractivity contribution in [2.45, 2.75) is 127 Å². The number of rotatable bonds is 13. The molecule has 2 aromatic rings. The highest BCUT2D eigenvalue weighted by molar-refractivity contribution is 5.44. The molecule has 0 fully saturated rings. The van der Waals surface area contributed by atoms with Crippen LogP contribution < -0.4 is 9.47 Å². The number of aryl methyl sites for hydroxylation is 6. The molecule has 2 nitrogen and oxygen atoms in total. The van der Waals surface area contributed by atoms with Crippen molar-refractivity contribution in [3.8, 4) is 11.5 Å². The predicted octanol–water partition coefficient (Wildman–Crippen LogP) is 9.89. The first kappa shape index (κ1) is 30.3. The first-order chi connectivity index (χ1) is 16.7. The van der Waals surface area contributed by atoms with Crippen molar-refractivity contribution in [1.82, 2.24) is 0 Å². The van der Waals surface area contributed by atoms with Gasteiger partial charge in [0.1, 0.15) is 17.1 Å². The Morgan fingerprint density at radius 1 is 0.611 bits per heavy atom. The molecule has 0 atom stereocenters. The van der Waals surface area contributed by atoms with Crippen molar-refractivity contribution >= 4 is 0 Å². The van der Waals surface area contributed by atoms with Crippen molar-refractivity contribution in [2.75, 3.05) is 6.61 Å². The van der Waals surface area contributed by atoms with Crippen LogP contribution in [0.15, 0.2) is 24.3 Å². The second kappa shape index (κ2) is 13.0. The summed E-state index contributed by atoms with van der Waals surface area (Å²) in [6, 6.07) is 9.30. The molecule has 36 heavy (non-hydrogen) atoms. The standard InChI is InChI=1S/C34H54O2/c1-24(2)34(10,11)23-35-31-25(3)19-29(20-26(31)4)17-15-13-12-14-16-18-30-21-27(5)32(28(6)22-30)36-33(7,8)9/h19-22,24H,12-18,23H2,1-11H3. The topological polar surface area (TPSA) is 18.5 Å². The molecule has 0 bridgehead atoms. The smallest absolute Gasteiger partial charge is 0.125 e. The van der Waals surface area contributed by atoms with Crippen molar-refractivity contribution in [3.05, 3.63) is 57.6 Å². The molecule has 2 aromatic carbocycles. The molecule has 0 unspecified atom stereocenters. The van der Waals surface area contributed by atoms with E-state index in [2.05, 4.69) is 100 Å². The van der Waals surface area contributed by atoms with Gasteiger partial charge < -0.3 is 9.47 Å². The highest BCUT2D eigenvalue weighted by atomic mass is 16.5. The van der Waals surface area contributed by atoms with Gasteiger partial charge >= 0.3 is 0 Å². The van der Waals surface area contributed by atoms with Gasteiger partial charge in [0, 0.05) is 5.41 Å². The Kier molecular flexibility index (Phi) is 10.9. The maximum atomic E-state index is 6.29. The van der Waals surface area contributed by atoms with Crippen LogP contribution in [-0.2, 0) is 12.8 Å². The number of benzene rings is 2. The molecule has 0 saturated heterocycles. The zero-order chi connectivity index (χ0) is 27.1. The SMILES string of the molecule is Cc1cc(CCCCCCCc2cc(C)c(OC(C)(C)C)c(C)c2)cc(C)c1OCC(C)(C)C(C)C. The number of hydrogen-bond acceptors (Lipinski definition) is 2. The van der Waals surface area contributed by atoms with Crippen LogP contribution in [0.1, 0.15) is 114 Å². The normalized spacial score (nSPS) is 12.3. The average molecular weight is 495 g/mol. The van der Waals surface area contributed by atoms with Crippen LogP contribution in [0.3, 0.4) is 0 Å². The molecule has 2 rings (SSSR count).